The Morgan fingerprint density at radius 2 is 2.00 bits per heavy atom. The lowest BCUT2D eigenvalue weighted by Crippen LogP contribution is -2.51. The van der Waals surface area contributed by atoms with Crippen LogP contribution in [0.5, 0.6) is 0 Å². The maximum Gasteiger partial charge on any atom is 0.411 e. The van der Waals surface area contributed by atoms with E-state index in [-0.39, 0.29) is 12.6 Å². The third-order valence-corrected chi connectivity index (χ3v) is 4.65. The molecule has 0 aliphatic carbocycles. The van der Waals surface area contributed by atoms with E-state index in [1.807, 2.05) is 6.92 Å². The second kappa shape index (κ2) is 6.42. The summed E-state index contributed by atoms with van der Waals surface area (Å²) in [4.78, 5) is 30.8. The van der Waals surface area contributed by atoms with Gasteiger partial charge < -0.3 is 19.9 Å². The molecule has 0 saturated heterocycles. The van der Waals surface area contributed by atoms with Crippen LogP contribution in [0.1, 0.15) is 56.2 Å². The van der Waals surface area contributed by atoms with Crippen molar-refractivity contribution in [3.8, 4) is 0 Å². The Bertz CT molecular complexity index is 756. The summed E-state index contributed by atoms with van der Waals surface area (Å²) in [6.07, 6.45) is -0.417. The molecular formula is C18H25N3O5. The molecule has 3 rings (SSSR count). The SMILES string of the molecule is COC(=O)C1Cc2c(nc(N)c3c2COC3C)CN1C(=O)OC(C)(C)C. The number of carbonyl (C=O) groups is 2. The van der Waals surface area contributed by atoms with Crippen LogP contribution in [0.25, 0.3) is 0 Å². The molecule has 2 atom stereocenters. The number of hydrogen-bond acceptors (Lipinski definition) is 7. The van der Waals surface area contributed by atoms with Gasteiger partial charge in [-0.15, -0.1) is 0 Å². The fraction of sp³-hybridized carbons (Fsp3) is 0.611. The summed E-state index contributed by atoms with van der Waals surface area (Å²) in [5.41, 5.74) is 8.86. The monoisotopic (exact) mass is 363 g/mol. The Balaban J connectivity index is 2.01. The number of methoxy groups -OCH3 is 1. The maximum atomic E-state index is 12.6. The van der Waals surface area contributed by atoms with E-state index in [2.05, 4.69) is 4.98 Å². The van der Waals surface area contributed by atoms with Crippen molar-refractivity contribution in [3.63, 3.8) is 0 Å². The van der Waals surface area contributed by atoms with Gasteiger partial charge in [-0.2, -0.15) is 0 Å². The van der Waals surface area contributed by atoms with Gasteiger partial charge >= 0.3 is 12.1 Å². The summed E-state index contributed by atoms with van der Waals surface area (Å²) in [5, 5.41) is 0. The highest BCUT2D eigenvalue weighted by molar-refractivity contribution is 5.82. The van der Waals surface area contributed by atoms with E-state index < -0.39 is 23.7 Å². The van der Waals surface area contributed by atoms with Gasteiger partial charge in [0.25, 0.3) is 0 Å². The summed E-state index contributed by atoms with van der Waals surface area (Å²) in [6.45, 7) is 7.80. The molecular weight excluding hydrogens is 338 g/mol. The number of amides is 1. The molecule has 0 saturated carbocycles. The maximum absolute atomic E-state index is 12.6. The number of esters is 1. The van der Waals surface area contributed by atoms with Crippen molar-refractivity contribution in [3.05, 3.63) is 22.4 Å². The van der Waals surface area contributed by atoms with Crippen LogP contribution in [0.2, 0.25) is 0 Å². The van der Waals surface area contributed by atoms with Crippen molar-refractivity contribution in [2.45, 2.75) is 65.0 Å². The smallest absolute Gasteiger partial charge is 0.411 e. The van der Waals surface area contributed by atoms with Crippen LogP contribution in [0.15, 0.2) is 0 Å². The average Bonchev–Trinajstić information content (AvgIpc) is 2.94. The van der Waals surface area contributed by atoms with Gasteiger partial charge in [0.05, 0.1) is 32.1 Å². The van der Waals surface area contributed by atoms with Gasteiger partial charge in [0.15, 0.2) is 0 Å². The molecule has 2 aliphatic heterocycles. The Kier molecular flexibility index (Phi) is 4.56. The Morgan fingerprint density at radius 3 is 2.62 bits per heavy atom. The van der Waals surface area contributed by atoms with E-state index in [4.69, 9.17) is 19.9 Å². The van der Waals surface area contributed by atoms with Gasteiger partial charge in [-0.05, 0) is 38.8 Å². The predicted molar refractivity (Wildman–Crippen MR) is 93.1 cm³/mol. The molecule has 3 heterocycles. The molecule has 0 spiro atoms. The van der Waals surface area contributed by atoms with Crippen molar-refractivity contribution in [1.29, 1.82) is 0 Å². The summed E-state index contributed by atoms with van der Waals surface area (Å²) in [6, 6.07) is -0.771. The molecule has 0 bridgehead atoms. The summed E-state index contributed by atoms with van der Waals surface area (Å²) in [5.74, 6) is -0.0801. The van der Waals surface area contributed by atoms with E-state index >= 15 is 0 Å². The van der Waals surface area contributed by atoms with Crippen molar-refractivity contribution in [2.24, 2.45) is 0 Å². The lowest BCUT2D eigenvalue weighted by Gasteiger charge is -2.36. The quantitative estimate of drug-likeness (QED) is 0.762. The zero-order valence-corrected chi connectivity index (χ0v) is 15.8. The summed E-state index contributed by atoms with van der Waals surface area (Å²) >= 11 is 0. The van der Waals surface area contributed by atoms with Gasteiger partial charge in [0, 0.05) is 12.0 Å². The number of carbonyl (C=O) groups excluding carboxylic acids is 2. The van der Waals surface area contributed by atoms with Gasteiger partial charge in [-0.3, -0.25) is 4.90 Å². The first-order valence-corrected chi connectivity index (χ1v) is 8.61. The molecule has 2 aliphatic rings. The Morgan fingerprint density at radius 1 is 1.31 bits per heavy atom. The molecule has 26 heavy (non-hydrogen) atoms. The second-order valence-corrected chi connectivity index (χ2v) is 7.62. The highest BCUT2D eigenvalue weighted by atomic mass is 16.6. The number of nitrogen functional groups attached to an aromatic ring is 1. The van der Waals surface area contributed by atoms with Crippen LogP contribution < -0.4 is 5.73 Å². The van der Waals surface area contributed by atoms with Crippen LogP contribution in [0.3, 0.4) is 0 Å². The molecule has 1 aromatic rings. The first-order chi connectivity index (χ1) is 12.1. The highest BCUT2D eigenvalue weighted by Crippen LogP contribution is 2.39. The molecule has 1 aromatic heterocycles. The van der Waals surface area contributed by atoms with Crippen LogP contribution in [0, 0.1) is 0 Å². The molecule has 8 nitrogen and oxygen atoms in total. The van der Waals surface area contributed by atoms with Gasteiger partial charge in [-0.1, -0.05) is 0 Å². The van der Waals surface area contributed by atoms with Gasteiger partial charge in [-0.25, -0.2) is 14.6 Å². The van der Waals surface area contributed by atoms with Gasteiger partial charge in [0.1, 0.15) is 17.5 Å². The van der Waals surface area contributed by atoms with Crippen molar-refractivity contribution < 1.29 is 23.8 Å². The molecule has 8 heteroatoms. The number of nitrogens with zero attached hydrogens (tertiary/aromatic N) is 2. The van der Waals surface area contributed by atoms with Crippen LogP contribution in [-0.4, -0.2) is 40.7 Å². The number of anilines is 1. The van der Waals surface area contributed by atoms with Crippen molar-refractivity contribution >= 4 is 17.9 Å². The summed E-state index contributed by atoms with van der Waals surface area (Å²) < 4.78 is 16.1. The third kappa shape index (κ3) is 3.21. The number of nitrogens with two attached hydrogens (primary N) is 1. The number of aromatic nitrogens is 1. The van der Waals surface area contributed by atoms with Crippen LogP contribution in [0.4, 0.5) is 10.6 Å². The molecule has 0 fully saturated rings. The van der Waals surface area contributed by atoms with E-state index in [1.165, 1.54) is 12.0 Å². The molecule has 0 radical (unpaired) electrons. The first-order valence-electron chi connectivity index (χ1n) is 8.61. The number of pyridine rings is 1. The number of hydrogen-bond donors (Lipinski definition) is 1. The van der Waals surface area contributed by atoms with Gasteiger partial charge in [0.2, 0.25) is 0 Å². The fourth-order valence-electron chi connectivity index (χ4n) is 3.48. The molecule has 142 valence electrons. The molecule has 0 aromatic carbocycles. The highest BCUT2D eigenvalue weighted by Gasteiger charge is 2.41. The fourth-order valence-corrected chi connectivity index (χ4v) is 3.48. The first kappa shape index (κ1) is 18.4. The second-order valence-electron chi connectivity index (χ2n) is 7.62. The Labute approximate surface area is 152 Å². The topological polar surface area (TPSA) is 104 Å². The van der Waals surface area contributed by atoms with E-state index in [9.17, 15) is 9.59 Å². The third-order valence-electron chi connectivity index (χ3n) is 4.65. The number of ether oxygens (including phenoxy) is 3. The molecule has 2 N–H and O–H groups in total. The standard InChI is InChI=1S/C18H25N3O5/c1-9-14-11(8-25-9)10-6-13(16(22)24-5)21(7-12(10)20-15(14)19)17(23)26-18(2,3)4/h9,13H,6-8H2,1-5H3,(H2,19,20). The lowest BCUT2D eigenvalue weighted by molar-refractivity contribution is -0.147. The largest absolute Gasteiger partial charge is 0.467 e. The Hall–Kier alpha value is -2.35. The van der Waals surface area contributed by atoms with Crippen LogP contribution in [-0.2, 0) is 38.6 Å². The van der Waals surface area contributed by atoms with Crippen LogP contribution >= 0.6 is 0 Å². The number of rotatable bonds is 1. The normalized spacial score (nSPS) is 21.8. The zero-order valence-electron chi connectivity index (χ0n) is 15.8. The van der Waals surface area contributed by atoms with E-state index in [0.717, 1.165) is 16.7 Å². The molecule has 2 unspecified atom stereocenters. The minimum Gasteiger partial charge on any atom is -0.467 e. The average molecular weight is 363 g/mol. The minimum atomic E-state index is -0.771. The van der Waals surface area contributed by atoms with E-state index in [0.29, 0.717) is 24.5 Å². The van der Waals surface area contributed by atoms with E-state index in [1.54, 1.807) is 20.8 Å². The molecule has 1 amide bonds. The predicted octanol–water partition coefficient (Wildman–Crippen LogP) is 2.09. The zero-order chi connectivity index (χ0) is 19.2. The van der Waals surface area contributed by atoms with Crippen molar-refractivity contribution in [1.82, 2.24) is 9.88 Å². The number of fused-ring (bicyclic) bond motifs is 3. The lowest BCUT2D eigenvalue weighted by atomic mass is 9.91. The minimum absolute atomic E-state index is 0.135. The van der Waals surface area contributed by atoms with Crippen molar-refractivity contribution in [2.75, 3.05) is 12.8 Å². The summed E-state index contributed by atoms with van der Waals surface area (Å²) in [7, 11) is 1.31.